The molecule has 5 heteroatoms. The fourth-order valence-electron chi connectivity index (χ4n) is 1.86. The van der Waals surface area contributed by atoms with Crippen molar-refractivity contribution in [3.63, 3.8) is 0 Å². The average molecular weight is 242 g/mol. The summed E-state index contributed by atoms with van der Waals surface area (Å²) in [5, 5.41) is 14.2. The van der Waals surface area contributed by atoms with Crippen LogP contribution in [0.3, 0.4) is 0 Å². The lowest BCUT2D eigenvalue weighted by molar-refractivity contribution is -0.139. The summed E-state index contributed by atoms with van der Waals surface area (Å²) in [6.07, 6.45) is 4.56. The summed E-state index contributed by atoms with van der Waals surface area (Å²) in [6, 6.07) is -1.15. The van der Waals surface area contributed by atoms with Crippen LogP contribution in [0.1, 0.15) is 46.0 Å². The van der Waals surface area contributed by atoms with E-state index >= 15 is 0 Å². The largest absolute Gasteiger partial charge is 0.480 e. The summed E-state index contributed by atoms with van der Waals surface area (Å²) >= 11 is 0. The first-order valence-electron chi connectivity index (χ1n) is 6.30. The van der Waals surface area contributed by atoms with Crippen LogP contribution in [-0.2, 0) is 4.79 Å². The molecule has 17 heavy (non-hydrogen) atoms. The molecule has 0 aliphatic heterocycles. The Balaban J connectivity index is 2.29. The molecule has 0 heterocycles. The molecule has 0 spiro atoms. The number of carboxylic acid groups (broad SMARTS) is 1. The molecule has 0 saturated heterocycles. The number of hydrogen-bond acceptors (Lipinski definition) is 2. The van der Waals surface area contributed by atoms with Crippen molar-refractivity contribution in [2.45, 2.75) is 52.0 Å². The van der Waals surface area contributed by atoms with Gasteiger partial charge in [-0.25, -0.2) is 9.59 Å². The number of carbonyl (C=O) groups is 2. The molecule has 0 bridgehead atoms. The molecule has 2 amide bonds. The van der Waals surface area contributed by atoms with Gasteiger partial charge in [0.05, 0.1) is 0 Å². The van der Waals surface area contributed by atoms with E-state index in [1.807, 2.05) is 6.92 Å². The van der Waals surface area contributed by atoms with Gasteiger partial charge < -0.3 is 15.7 Å². The zero-order chi connectivity index (χ0) is 12.9. The maximum absolute atomic E-state index is 11.5. The number of hydrogen-bond donors (Lipinski definition) is 3. The van der Waals surface area contributed by atoms with Crippen LogP contribution in [0.15, 0.2) is 0 Å². The predicted octanol–water partition coefficient (Wildman–Crippen LogP) is 1.73. The summed E-state index contributed by atoms with van der Waals surface area (Å²) in [4.78, 5) is 22.4. The highest BCUT2D eigenvalue weighted by atomic mass is 16.4. The molecule has 1 rings (SSSR count). The number of nitrogens with one attached hydrogen (secondary N) is 2. The summed E-state index contributed by atoms with van der Waals surface area (Å²) in [5.74, 6) is -0.973. The molecule has 1 saturated carbocycles. The van der Waals surface area contributed by atoms with Gasteiger partial charge in [-0.05, 0) is 31.1 Å². The second-order valence-electron chi connectivity index (χ2n) is 4.86. The van der Waals surface area contributed by atoms with E-state index in [2.05, 4.69) is 17.6 Å². The minimum atomic E-state index is -0.973. The minimum absolute atomic E-state index is 0.279. The van der Waals surface area contributed by atoms with Crippen LogP contribution in [0.25, 0.3) is 0 Å². The van der Waals surface area contributed by atoms with Crippen molar-refractivity contribution in [2.75, 3.05) is 6.54 Å². The standard InChI is InChI=1S/C12H22N2O3/c1-3-5-9(10(15)16)14-11(17)13-8-12(4-2)6-7-12/h9H,3-8H2,1-2H3,(H,15,16)(H2,13,14,17). The first-order valence-corrected chi connectivity index (χ1v) is 6.30. The topological polar surface area (TPSA) is 78.4 Å². The van der Waals surface area contributed by atoms with Crippen molar-refractivity contribution in [2.24, 2.45) is 5.41 Å². The van der Waals surface area contributed by atoms with Gasteiger partial charge in [0.25, 0.3) is 0 Å². The summed E-state index contributed by atoms with van der Waals surface area (Å²) < 4.78 is 0. The molecule has 1 fully saturated rings. The number of carbonyl (C=O) groups excluding carboxylic acids is 1. The van der Waals surface area contributed by atoms with E-state index in [0.717, 1.165) is 25.7 Å². The van der Waals surface area contributed by atoms with Crippen LogP contribution in [0, 0.1) is 5.41 Å². The highest BCUT2D eigenvalue weighted by molar-refractivity contribution is 5.82. The lowest BCUT2D eigenvalue weighted by Gasteiger charge is -2.17. The second-order valence-corrected chi connectivity index (χ2v) is 4.86. The zero-order valence-electron chi connectivity index (χ0n) is 10.6. The van der Waals surface area contributed by atoms with Gasteiger partial charge >= 0.3 is 12.0 Å². The van der Waals surface area contributed by atoms with Gasteiger partial charge in [0.2, 0.25) is 0 Å². The molecule has 1 unspecified atom stereocenters. The van der Waals surface area contributed by atoms with Gasteiger partial charge in [0.15, 0.2) is 0 Å². The van der Waals surface area contributed by atoms with Crippen LogP contribution in [0.2, 0.25) is 0 Å². The van der Waals surface area contributed by atoms with E-state index in [1.165, 1.54) is 0 Å². The number of aliphatic carboxylic acids is 1. The van der Waals surface area contributed by atoms with Crippen molar-refractivity contribution in [1.29, 1.82) is 0 Å². The van der Waals surface area contributed by atoms with Gasteiger partial charge in [-0.1, -0.05) is 20.3 Å². The number of carboxylic acids is 1. The lowest BCUT2D eigenvalue weighted by atomic mass is 10.0. The monoisotopic (exact) mass is 242 g/mol. The Morgan fingerprint density at radius 1 is 1.35 bits per heavy atom. The minimum Gasteiger partial charge on any atom is -0.480 e. The van der Waals surface area contributed by atoms with Gasteiger partial charge in [-0.3, -0.25) is 0 Å². The van der Waals surface area contributed by atoms with Gasteiger partial charge in [0.1, 0.15) is 6.04 Å². The molecule has 1 aliphatic rings. The van der Waals surface area contributed by atoms with Gasteiger partial charge in [-0.2, -0.15) is 0 Å². The molecule has 98 valence electrons. The normalized spacial score (nSPS) is 18.2. The molecular weight excluding hydrogens is 220 g/mol. The number of amides is 2. The van der Waals surface area contributed by atoms with Crippen molar-refractivity contribution in [3.8, 4) is 0 Å². The SMILES string of the molecule is CCCC(NC(=O)NCC1(CC)CC1)C(=O)O. The molecule has 5 nitrogen and oxygen atoms in total. The Morgan fingerprint density at radius 3 is 2.41 bits per heavy atom. The molecule has 1 aliphatic carbocycles. The van der Waals surface area contributed by atoms with E-state index in [1.54, 1.807) is 0 Å². The molecule has 0 aromatic carbocycles. The van der Waals surface area contributed by atoms with Crippen LogP contribution in [0.4, 0.5) is 4.79 Å². The molecule has 0 aromatic heterocycles. The molecular formula is C12H22N2O3. The second kappa shape index (κ2) is 5.89. The fraction of sp³-hybridized carbons (Fsp3) is 0.833. The fourth-order valence-corrected chi connectivity index (χ4v) is 1.86. The van der Waals surface area contributed by atoms with Gasteiger partial charge in [-0.15, -0.1) is 0 Å². The Kier molecular flexibility index (Phi) is 4.78. The average Bonchev–Trinajstić information content (AvgIpc) is 3.06. The first-order chi connectivity index (χ1) is 8.03. The maximum atomic E-state index is 11.5. The van der Waals surface area contributed by atoms with Crippen LogP contribution < -0.4 is 10.6 Å². The Hall–Kier alpha value is -1.26. The molecule has 0 radical (unpaired) electrons. The third kappa shape index (κ3) is 4.24. The Bertz CT molecular complexity index is 287. The predicted molar refractivity (Wildman–Crippen MR) is 64.8 cm³/mol. The quantitative estimate of drug-likeness (QED) is 0.636. The van der Waals surface area contributed by atoms with Crippen molar-refractivity contribution < 1.29 is 14.7 Å². The molecule has 0 aromatic rings. The van der Waals surface area contributed by atoms with E-state index < -0.39 is 12.0 Å². The highest BCUT2D eigenvalue weighted by Gasteiger charge is 2.40. The lowest BCUT2D eigenvalue weighted by Crippen LogP contribution is -2.47. The van der Waals surface area contributed by atoms with E-state index in [9.17, 15) is 9.59 Å². The Morgan fingerprint density at radius 2 is 2.00 bits per heavy atom. The van der Waals surface area contributed by atoms with E-state index in [-0.39, 0.29) is 11.4 Å². The first kappa shape index (κ1) is 13.8. The number of urea groups is 1. The number of rotatable bonds is 7. The summed E-state index contributed by atoms with van der Waals surface area (Å²) in [6.45, 7) is 4.66. The summed E-state index contributed by atoms with van der Waals surface area (Å²) in [5.41, 5.74) is 0.279. The maximum Gasteiger partial charge on any atom is 0.326 e. The van der Waals surface area contributed by atoms with Crippen molar-refractivity contribution in [1.82, 2.24) is 10.6 Å². The van der Waals surface area contributed by atoms with E-state index in [4.69, 9.17) is 5.11 Å². The van der Waals surface area contributed by atoms with Crippen molar-refractivity contribution >= 4 is 12.0 Å². The third-order valence-corrected chi connectivity index (χ3v) is 3.51. The van der Waals surface area contributed by atoms with Crippen LogP contribution >= 0.6 is 0 Å². The van der Waals surface area contributed by atoms with Gasteiger partial charge in [0, 0.05) is 6.54 Å². The summed E-state index contributed by atoms with van der Waals surface area (Å²) in [7, 11) is 0. The highest BCUT2D eigenvalue weighted by Crippen LogP contribution is 2.47. The van der Waals surface area contributed by atoms with E-state index in [0.29, 0.717) is 13.0 Å². The van der Waals surface area contributed by atoms with Crippen LogP contribution in [0.5, 0.6) is 0 Å². The molecule has 1 atom stereocenters. The van der Waals surface area contributed by atoms with Crippen molar-refractivity contribution in [3.05, 3.63) is 0 Å². The third-order valence-electron chi connectivity index (χ3n) is 3.51. The smallest absolute Gasteiger partial charge is 0.326 e. The molecule has 3 N–H and O–H groups in total. The Labute approximate surface area is 102 Å². The van der Waals surface area contributed by atoms with Crippen LogP contribution in [-0.4, -0.2) is 29.7 Å². The zero-order valence-corrected chi connectivity index (χ0v) is 10.6.